The van der Waals surface area contributed by atoms with Gasteiger partial charge in [0.05, 0.1) is 18.8 Å². The SMILES string of the molecule is CC(C)(C)c1cc(COC2OCCN(c3ncn[nH]3)C2(C)c2ccccc2)cc(C(F)(F)F)c1. The van der Waals surface area contributed by atoms with Gasteiger partial charge in [0.15, 0.2) is 6.29 Å². The van der Waals surface area contributed by atoms with Gasteiger partial charge in [-0.15, -0.1) is 0 Å². The first kappa shape index (κ1) is 24.2. The number of alkyl halides is 3. The Balaban J connectivity index is 1.68. The van der Waals surface area contributed by atoms with Gasteiger partial charge in [0.1, 0.15) is 11.9 Å². The van der Waals surface area contributed by atoms with Gasteiger partial charge >= 0.3 is 6.18 Å². The highest BCUT2D eigenvalue weighted by atomic mass is 19.4. The molecule has 2 heterocycles. The Bertz CT molecular complexity index is 1070. The van der Waals surface area contributed by atoms with E-state index >= 15 is 0 Å². The van der Waals surface area contributed by atoms with Crippen molar-refractivity contribution in [3.8, 4) is 0 Å². The van der Waals surface area contributed by atoms with Crippen LogP contribution in [0.2, 0.25) is 0 Å². The number of anilines is 1. The van der Waals surface area contributed by atoms with E-state index in [2.05, 4.69) is 15.2 Å². The topological polar surface area (TPSA) is 63.3 Å². The molecule has 0 saturated carbocycles. The van der Waals surface area contributed by atoms with Gasteiger partial charge in [-0.2, -0.15) is 23.3 Å². The lowest BCUT2D eigenvalue weighted by Crippen LogP contribution is -2.59. The van der Waals surface area contributed by atoms with Crippen LogP contribution in [0.5, 0.6) is 0 Å². The summed E-state index contributed by atoms with van der Waals surface area (Å²) in [6.45, 7) is 8.50. The van der Waals surface area contributed by atoms with E-state index < -0.39 is 29.0 Å². The number of aromatic amines is 1. The van der Waals surface area contributed by atoms with Gasteiger partial charge in [-0.1, -0.05) is 57.2 Å². The van der Waals surface area contributed by atoms with Crippen LogP contribution in [0.1, 0.15) is 49.9 Å². The zero-order chi connectivity index (χ0) is 24.6. The second-order valence-corrected chi connectivity index (χ2v) is 9.65. The Kier molecular flexibility index (Phi) is 6.44. The number of benzene rings is 2. The van der Waals surface area contributed by atoms with E-state index in [-0.39, 0.29) is 6.61 Å². The normalized spacial score (nSPS) is 21.6. The second-order valence-electron chi connectivity index (χ2n) is 9.65. The first-order valence-corrected chi connectivity index (χ1v) is 11.1. The molecular formula is C25H29F3N4O2. The third-order valence-electron chi connectivity index (χ3n) is 6.21. The van der Waals surface area contributed by atoms with E-state index in [4.69, 9.17) is 9.47 Å². The number of rotatable bonds is 5. The summed E-state index contributed by atoms with van der Waals surface area (Å²) in [5.74, 6) is 0.567. The highest BCUT2D eigenvalue weighted by molar-refractivity contribution is 5.42. The van der Waals surface area contributed by atoms with Crippen molar-refractivity contribution >= 4 is 5.95 Å². The van der Waals surface area contributed by atoms with Crippen molar-refractivity contribution in [1.82, 2.24) is 15.2 Å². The van der Waals surface area contributed by atoms with Crippen LogP contribution in [-0.2, 0) is 33.2 Å². The number of H-pyrrole nitrogens is 1. The Morgan fingerprint density at radius 2 is 1.82 bits per heavy atom. The predicted molar refractivity (Wildman–Crippen MR) is 122 cm³/mol. The number of nitrogens with one attached hydrogen (secondary N) is 1. The zero-order valence-corrected chi connectivity index (χ0v) is 19.7. The summed E-state index contributed by atoms with van der Waals surface area (Å²) in [4.78, 5) is 6.34. The molecule has 2 unspecified atom stereocenters. The lowest BCUT2D eigenvalue weighted by molar-refractivity contribution is -0.201. The average molecular weight is 475 g/mol. The molecule has 182 valence electrons. The van der Waals surface area contributed by atoms with Crippen LogP contribution in [0.25, 0.3) is 0 Å². The fraction of sp³-hybridized carbons (Fsp3) is 0.440. The number of hydrogen-bond donors (Lipinski definition) is 1. The molecule has 0 spiro atoms. The standard InChI is InChI=1S/C25H29F3N4O2/c1-23(2,3)19-12-17(13-20(14-19)25(26,27)28)15-34-21-24(4,18-8-6-5-7-9-18)32(10-11-33-21)22-29-16-30-31-22/h5-9,12-14,16,21H,10-11,15H2,1-4H3,(H,29,30,31). The smallest absolute Gasteiger partial charge is 0.348 e. The van der Waals surface area contributed by atoms with Crippen molar-refractivity contribution in [2.24, 2.45) is 0 Å². The van der Waals surface area contributed by atoms with Gasteiger partial charge in [0, 0.05) is 6.54 Å². The minimum atomic E-state index is -4.45. The van der Waals surface area contributed by atoms with Crippen molar-refractivity contribution in [2.45, 2.75) is 57.7 Å². The number of halogens is 3. The minimum Gasteiger partial charge on any atom is -0.348 e. The lowest BCUT2D eigenvalue weighted by Gasteiger charge is -2.49. The Hall–Kier alpha value is -2.91. The fourth-order valence-corrected chi connectivity index (χ4v) is 4.25. The molecule has 1 saturated heterocycles. The van der Waals surface area contributed by atoms with Crippen LogP contribution in [0, 0.1) is 0 Å². The number of hydrogen-bond acceptors (Lipinski definition) is 5. The monoisotopic (exact) mass is 474 g/mol. The summed E-state index contributed by atoms with van der Waals surface area (Å²) in [6, 6.07) is 13.8. The lowest BCUT2D eigenvalue weighted by atomic mass is 9.85. The van der Waals surface area contributed by atoms with E-state index in [1.54, 1.807) is 6.07 Å². The van der Waals surface area contributed by atoms with Gasteiger partial charge in [-0.3, -0.25) is 0 Å². The Morgan fingerprint density at radius 3 is 2.44 bits per heavy atom. The van der Waals surface area contributed by atoms with Crippen molar-refractivity contribution in [1.29, 1.82) is 0 Å². The molecule has 1 N–H and O–H groups in total. The highest BCUT2D eigenvalue weighted by Crippen LogP contribution is 2.40. The predicted octanol–water partition coefficient (Wildman–Crippen LogP) is 5.42. The summed E-state index contributed by atoms with van der Waals surface area (Å²) >= 11 is 0. The van der Waals surface area contributed by atoms with Crippen molar-refractivity contribution < 1.29 is 22.6 Å². The molecule has 4 rings (SSSR count). The third-order valence-corrected chi connectivity index (χ3v) is 6.21. The molecule has 6 nitrogen and oxygen atoms in total. The largest absolute Gasteiger partial charge is 0.416 e. The number of aromatic nitrogens is 3. The molecule has 9 heteroatoms. The van der Waals surface area contributed by atoms with E-state index in [1.807, 2.05) is 62.9 Å². The molecule has 2 atom stereocenters. The molecule has 0 bridgehead atoms. The fourth-order valence-electron chi connectivity index (χ4n) is 4.25. The first-order valence-electron chi connectivity index (χ1n) is 11.1. The van der Waals surface area contributed by atoms with E-state index in [1.165, 1.54) is 12.4 Å². The van der Waals surface area contributed by atoms with Crippen LogP contribution in [-0.4, -0.2) is 34.6 Å². The molecular weight excluding hydrogens is 445 g/mol. The summed E-state index contributed by atoms with van der Waals surface area (Å²) in [5.41, 5.74) is 0.0369. The quantitative estimate of drug-likeness (QED) is 0.535. The van der Waals surface area contributed by atoms with Crippen LogP contribution in [0.15, 0.2) is 54.9 Å². The Morgan fingerprint density at radius 1 is 1.12 bits per heavy atom. The van der Waals surface area contributed by atoms with Gasteiger partial charge in [0.2, 0.25) is 5.95 Å². The van der Waals surface area contributed by atoms with Crippen LogP contribution < -0.4 is 4.90 Å². The maximum Gasteiger partial charge on any atom is 0.416 e. The maximum absolute atomic E-state index is 13.6. The van der Waals surface area contributed by atoms with E-state index in [0.29, 0.717) is 30.2 Å². The summed E-state index contributed by atoms with van der Waals surface area (Å²) < 4.78 is 53.0. The molecule has 34 heavy (non-hydrogen) atoms. The third kappa shape index (κ3) is 4.81. The molecule has 1 aliphatic heterocycles. The molecule has 0 aliphatic carbocycles. The Labute approximate surface area is 197 Å². The van der Waals surface area contributed by atoms with Crippen LogP contribution in [0.3, 0.4) is 0 Å². The number of morpholine rings is 1. The summed E-state index contributed by atoms with van der Waals surface area (Å²) in [7, 11) is 0. The second kappa shape index (κ2) is 9.03. The van der Waals surface area contributed by atoms with Crippen LogP contribution >= 0.6 is 0 Å². The van der Waals surface area contributed by atoms with Crippen LogP contribution in [0.4, 0.5) is 19.1 Å². The van der Waals surface area contributed by atoms with Gasteiger partial charge < -0.3 is 14.4 Å². The summed E-state index contributed by atoms with van der Waals surface area (Å²) in [6.07, 6.45) is -3.77. The highest BCUT2D eigenvalue weighted by Gasteiger charge is 2.47. The molecule has 0 amide bonds. The number of ether oxygens (including phenoxy) is 2. The molecule has 3 aromatic rings. The molecule has 0 radical (unpaired) electrons. The molecule has 2 aromatic carbocycles. The van der Waals surface area contributed by atoms with Gasteiger partial charge in [-0.05, 0) is 41.2 Å². The molecule has 1 fully saturated rings. The van der Waals surface area contributed by atoms with Crippen molar-refractivity contribution in [2.75, 3.05) is 18.1 Å². The summed E-state index contributed by atoms with van der Waals surface area (Å²) in [5, 5.41) is 6.88. The van der Waals surface area contributed by atoms with Gasteiger partial charge in [0.25, 0.3) is 0 Å². The van der Waals surface area contributed by atoms with E-state index in [9.17, 15) is 13.2 Å². The number of nitrogens with zero attached hydrogens (tertiary/aromatic N) is 3. The van der Waals surface area contributed by atoms with E-state index in [0.717, 1.165) is 11.6 Å². The van der Waals surface area contributed by atoms with Gasteiger partial charge in [-0.25, -0.2) is 5.10 Å². The molecule has 1 aliphatic rings. The molecule has 1 aromatic heterocycles. The zero-order valence-electron chi connectivity index (χ0n) is 19.7. The van der Waals surface area contributed by atoms with Crippen molar-refractivity contribution in [3.05, 3.63) is 77.1 Å². The first-order chi connectivity index (χ1) is 16.0. The average Bonchev–Trinajstić information content (AvgIpc) is 3.32. The van der Waals surface area contributed by atoms with Crippen molar-refractivity contribution in [3.63, 3.8) is 0 Å². The minimum absolute atomic E-state index is 0.0374. The maximum atomic E-state index is 13.6.